The van der Waals surface area contributed by atoms with Crippen LogP contribution in [0.2, 0.25) is 0 Å². The number of hydrogen-bond donors (Lipinski definition) is 1. The Morgan fingerprint density at radius 1 is 1.17 bits per heavy atom. The highest BCUT2D eigenvalue weighted by molar-refractivity contribution is 5.94. The van der Waals surface area contributed by atoms with Crippen molar-refractivity contribution in [1.29, 1.82) is 0 Å². The van der Waals surface area contributed by atoms with Crippen molar-refractivity contribution in [3.8, 4) is 11.5 Å². The molecular formula is C23H31N3O4. The molecule has 7 heteroatoms. The highest BCUT2D eigenvalue weighted by Crippen LogP contribution is 2.28. The summed E-state index contributed by atoms with van der Waals surface area (Å²) in [5.74, 6) is 0.770. The first-order valence-electron chi connectivity index (χ1n) is 10.4. The number of nitrogens with zero attached hydrogens (tertiary/aromatic N) is 2. The Balaban J connectivity index is 2.07. The van der Waals surface area contributed by atoms with Crippen molar-refractivity contribution in [1.82, 2.24) is 9.99 Å². The molecule has 30 heavy (non-hydrogen) atoms. The predicted octanol–water partition coefficient (Wildman–Crippen LogP) is 4.16. The quantitative estimate of drug-likeness (QED) is 0.341. The molecule has 1 aromatic carbocycles. The number of amides is 1. The van der Waals surface area contributed by atoms with Crippen LogP contribution in [-0.4, -0.2) is 29.9 Å². The lowest BCUT2D eigenvalue weighted by molar-refractivity contribution is 0.0953. The lowest BCUT2D eigenvalue weighted by atomic mass is 10.2. The number of benzene rings is 1. The van der Waals surface area contributed by atoms with Crippen LogP contribution in [0, 0.1) is 0 Å². The van der Waals surface area contributed by atoms with Crippen LogP contribution < -0.4 is 20.5 Å². The van der Waals surface area contributed by atoms with E-state index in [9.17, 15) is 9.59 Å². The lowest BCUT2D eigenvalue weighted by Gasteiger charge is -2.12. The molecule has 1 amide bonds. The van der Waals surface area contributed by atoms with E-state index in [1.807, 2.05) is 39.0 Å². The Hall–Kier alpha value is -3.09. The summed E-state index contributed by atoms with van der Waals surface area (Å²) in [7, 11) is 0. The molecule has 0 aliphatic carbocycles. The standard InChI is InChI=1S/C23H31N3O4/c1-5-7-8-14-30-20-12-11-18(15-21(20)29-6-2)16-24-25-22(27)19-10-9-13-26(17(3)4)23(19)28/h9-13,15-17H,5-8,14H2,1-4H3,(H,25,27)/b24-16-. The van der Waals surface area contributed by atoms with Gasteiger partial charge in [0.15, 0.2) is 11.5 Å². The molecule has 0 aliphatic rings. The number of hydrogen-bond acceptors (Lipinski definition) is 5. The molecule has 7 nitrogen and oxygen atoms in total. The zero-order chi connectivity index (χ0) is 21.9. The van der Waals surface area contributed by atoms with Crippen LogP contribution in [-0.2, 0) is 0 Å². The van der Waals surface area contributed by atoms with Gasteiger partial charge in [0.25, 0.3) is 11.5 Å². The molecule has 0 atom stereocenters. The fraction of sp³-hybridized carbons (Fsp3) is 0.435. The Kier molecular flexibility index (Phi) is 9.12. The first-order chi connectivity index (χ1) is 14.5. The third-order valence-corrected chi connectivity index (χ3v) is 4.43. The molecular weight excluding hydrogens is 382 g/mol. The van der Waals surface area contributed by atoms with Gasteiger partial charge in [-0.15, -0.1) is 0 Å². The maximum Gasteiger partial charge on any atom is 0.276 e. The molecule has 162 valence electrons. The summed E-state index contributed by atoms with van der Waals surface area (Å²) in [6.45, 7) is 8.98. The van der Waals surface area contributed by atoms with E-state index in [4.69, 9.17) is 9.47 Å². The fourth-order valence-electron chi connectivity index (χ4n) is 2.84. The van der Waals surface area contributed by atoms with Gasteiger partial charge in [-0.3, -0.25) is 9.59 Å². The zero-order valence-electron chi connectivity index (χ0n) is 18.2. The van der Waals surface area contributed by atoms with Crippen molar-refractivity contribution in [2.45, 2.75) is 53.0 Å². The van der Waals surface area contributed by atoms with Gasteiger partial charge in [0.05, 0.1) is 19.4 Å². The SMILES string of the molecule is CCCCCOc1ccc(/C=N\NC(=O)c2cccn(C(C)C)c2=O)cc1OCC. The first kappa shape index (κ1) is 23.2. The van der Waals surface area contributed by atoms with E-state index in [1.165, 1.54) is 16.8 Å². The van der Waals surface area contributed by atoms with Gasteiger partial charge in [0.1, 0.15) is 5.56 Å². The second-order valence-corrected chi connectivity index (χ2v) is 7.12. The highest BCUT2D eigenvalue weighted by atomic mass is 16.5. The molecule has 2 aromatic rings. The van der Waals surface area contributed by atoms with Gasteiger partial charge < -0.3 is 14.0 Å². The predicted molar refractivity (Wildman–Crippen MR) is 119 cm³/mol. The molecule has 1 aromatic heterocycles. The largest absolute Gasteiger partial charge is 0.490 e. The molecule has 1 N–H and O–H groups in total. The first-order valence-corrected chi connectivity index (χ1v) is 10.4. The third-order valence-electron chi connectivity index (χ3n) is 4.43. The van der Waals surface area contributed by atoms with Crippen LogP contribution in [0.25, 0.3) is 0 Å². The average Bonchev–Trinajstić information content (AvgIpc) is 2.72. The number of ether oxygens (including phenoxy) is 2. The summed E-state index contributed by atoms with van der Waals surface area (Å²) in [6.07, 6.45) is 6.42. The monoisotopic (exact) mass is 413 g/mol. The minimum Gasteiger partial charge on any atom is -0.490 e. The van der Waals surface area contributed by atoms with E-state index in [1.54, 1.807) is 12.3 Å². The fourth-order valence-corrected chi connectivity index (χ4v) is 2.84. The number of nitrogens with one attached hydrogen (secondary N) is 1. The van der Waals surface area contributed by atoms with Crippen LogP contribution in [0.3, 0.4) is 0 Å². The van der Waals surface area contributed by atoms with E-state index in [2.05, 4.69) is 17.5 Å². The van der Waals surface area contributed by atoms with E-state index >= 15 is 0 Å². The minimum absolute atomic E-state index is 0.0338. The van der Waals surface area contributed by atoms with Crippen molar-refractivity contribution in [3.05, 3.63) is 58.0 Å². The molecule has 0 fully saturated rings. The molecule has 0 spiro atoms. The topological polar surface area (TPSA) is 81.9 Å². The van der Waals surface area contributed by atoms with Crippen molar-refractivity contribution in [2.24, 2.45) is 5.10 Å². The zero-order valence-corrected chi connectivity index (χ0v) is 18.2. The van der Waals surface area contributed by atoms with Crippen LogP contribution in [0.5, 0.6) is 11.5 Å². The van der Waals surface area contributed by atoms with Gasteiger partial charge in [0.2, 0.25) is 0 Å². The van der Waals surface area contributed by atoms with Gasteiger partial charge in [0, 0.05) is 12.2 Å². The molecule has 2 rings (SSSR count). The molecule has 0 radical (unpaired) electrons. The van der Waals surface area contributed by atoms with E-state index in [-0.39, 0.29) is 17.2 Å². The Morgan fingerprint density at radius 2 is 1.97 bits per heavy atom. The maximum atomic E-state index is 12.4. The van der Waals surface area contributed by atoms with Crippen molar-refractivity contribution in [2.75, 3.05) is 13.2 Å². The van der Waals surface area contributed by atoms with Crippen molar-refractivity contribution >= 4 is 12.1 Å². The lowest BCUT2D eigenvalue weighted by Crippen LogP contribution is -2.31. The van der Waals surface area contributed by atoms with Crippen LogP contribution in [0.15, 0.2) is 46.4 Å². The number of aromatic nitrogens is 1. The number of carbonyl (C=O) groups excluding carboxylic acids is 1. The number of rotatable bonds is 11. The van der Waals surface area contributed by atoms with Gasteiger partial charge in [-0.1, -0.05) is 19.8 Å². The van der Waals surface area contributed by atoms with Gasteiger partial charge in [-0.05, 0) is 63.1 Å². The molecule has 0 bridgehead atoms. The van der Waals surface area contributed by atoms with E-state index in [0.717, 1.165) is 24.8 Å². The smallest absolute Gasteiger partial charge is 0.276 e. The van der Waals surface area contributed by atoms with Crippen LogP contribution in [0.4, 0.5) is 0 Å². The van der Waals surface area contributed by atoms with Gasteiger partial charge >= 0.3 is 0 Å². The Bertz CT molecular complexity index is 919. The summed E-state index contributed by atoms with van der Waals surface area (Å²) in [5.41, 5.74) is 2.86. The molecule has 0 saturated carbocycles. The molecule has 1 heterocycles. The number of unbranched alkanes of at least 4 members (excludes halogenated alkanes) is 2. The second-order valence-electron chi connectivity index (χ2n) is 7.12. The van der Waals surface area contributed by atoms with Crippen LogP contribution in [0.1, 0.15) is 68.9 Å². The molecule has 0 aliphatic heterocycles. The van der Waals surface area contributed by atoms with E-state index < -0.39 is 5.91 Å². The van der Waals surface area contributed by atoms with Crippen molar-refractivity contribution in [3.63, 3.8) is 0 Å². The second kappa shape index (κ2) is 11.8. The van der Waals surface area contributed by atoms with Gasteiger partial charge in [-0.2, -0.15) is 5.10 Å². The summed E-state index contributed by atoms with van der Waals surface area (Å²) >= 11 is 0. The van der Waals surface area contributed by atoms with Crippen LogP contribution >= 0.6 is 0 Å². The summed E-state index contributed by atoms with van der Waals surface area (Å²) in [5, 5.41) is 3.98. The Morgan fingerprint density at radius 3 is 2.67 bits per heavy atom. The minimum atomic E-state index is -0.549. The Labute approximate surface area is 177 Å². The summed E-state index contributed by atoms with van der Waals surface area (Å²) < 4.78 is 13.0. The average molecular weight is 414 g/mol. The van der Waals surface area contributed by atoms with Crippen molar-refractivity contribution < 1.29 is 14.3 Å². The highest BCUT2D eigenvalue weighted by Gasteiger charge is 2.12. The maximum absolute atomic E-state index is 12.4. The summed E-state index contributed by atoms with van der Waals surface area (Å²) in [6, 6.07) is 8.61. The normalized spacial score (nSPS) is 11.1. The number of pyridine rings is 1. The van der Waals surface area contributed by atoms with Gasteiger partial charge in [-0.25, -0.2) is 5.43 Å². The molecule has 0 unspecified atom stereocenters. The molecule has 0 saturated heterocycles. The summed E-state index contributed by atoms with van der Waals surface area (Å²) in [4.78, 5) is 24.7. The van der Waals surface area contributed by atoms with E-state index in [0.29, 0.717) is 24.7 Å². The number of hydrazone groups is 1. The third kappa shape index (κ3) is 6.47. The number of carbonyl (C=O) groups is 1.